The van der Waals surface area contributed by atoms with Crippen LogP contribution in [0, 0.1) is 5.41 Å². The first-order chi connectivity index (χ1) is 16.2. The zero-order chi connectivity index (χ0) is 22.8. The summed E-state index contributed by atoms with van der Waals surface area (Å²) >= 11 is 0. The summed E-state index contributed by atoms with van der Waals surface area (Å²) in [4.78, 5) is 2.25. The standard InChI is InChI=1S/C29H35NO3/c1-29(23-32-24-29)22-31-20-10-2-3-11-21-33-28-18-16-27(17-19-28)30(25-12-6-4-7-13-25)26-14-8-5-9-15-26/h4-9,12-19H,2-3,10-11,20-24H2,1H3. The van der Waals surface area contributed by atoms with Crippen molar-refractivity contribution >= 4 is 17.1 Å². The zero-order valence-corrected chi connectivity index (χ0v) is 19.6. The Kier molecular flexibility index (Phi) is 8.40. The van der Waals surface area contributed by atoms with Crippen LogP contribution in [0.3, 0.4) is 0 Å². The van der Waals surface area contributed by atoms with E-state index in [4.69, 9.17) is 14.2 Å². The van der Waals surface area contributed by atoms with Crippen LogP contribution in [0.4, 0.5) is 17.1 Å². The molecule has 1 aliphatic rings. The lowest BCUT2D eigenvalue weighted by molar-refractivity contribution is -0.137. The number of nitrogens with zero attached hydrogens (tertiary/aromatic N) is 1. The van der Waals surface area contributed by atoms with Crippen molar-refractivity contribution in [2.24, 2.45) is 5.41 Å². The van der Waals surface area contributed by atoms with Crippen molar-refractivity contribution in [2.75, 3.05) is 37.9 Å². The van der Waals surface area contributed by atoms with Gasteiger partial charge in [-0.1, -0.05) is 49.7 Å². The number of rotatable bonds is 13. The van der Waals surface area contributed by atoms with Crippen molar-refractivity contribution in [3.8, 4) is 5.75 Å². The second kappa shape index (κ2) is 11.9. The van der Waals surface area contributed by atoms with Crippen molar-refractivity contribution in [3.63, 3.8) is 0 Å². The minimum Gasteiger partial charge on any atom is -0.494 e. The third-order valence-electron chi connectivity index (χ3n) is 5.93. The molecule has 0 aromatic heterocycles. The van der Waals surface area contributed by atoms with E-state index in [2.05, 4.69) is 84.6 Å². The highest BCUT2D eigenvalue weighted by Crippen LogP contribution is 2.34. The van der Waals surface area contributed by atoms with Gasteiger partial charge in [-0.2, -0.15) is 0 Å². The highest BCUT2D eigenvalue weighted by Gasteiger charge is 2.33. The predicted molar refractivity (Wildman–Crippen MR) is 135 cm³/mol. The molecule has 0 saturated carbocycles. The van der Waals surface area contributed by atoms with Gasteiger partial charge in [0.1, 0.15) is 5.75 Å². The smallest absolute Gasteiger partial charge is 0.119 e. The summed E-state index contributed by atoms with van der Waals surface area (Å²) in [6, 6.07) is 29.3. The molecule has 33 heavy (non-hydrogen) atoms. The lowest BCUT2D eigenvalue weighted by Crippen LogP contribution is -2.43. The van der Waals surface area contributed by atoms with E-state index in [-0.39, 0.29) is 5.41 Å². The van der Waals surface area contributed by atoms with Crippen LogP contribution in [0.5, 0.6) is 5.75 Å². The minimum atomic E-state index is 0.253. The third-order valence-corrected chi connectivity index (χ3v) is 5.93. The molecule has 1 aliphatic heterocycles. The number of hydrogen-bond acceptors (Lipinski definition) is 4. The van der Waals surface area contributed by atoms with E-state index in [9.17, 15) is 0 Å². The van der Waals surface area contributed by atoms with Gasteiger partial charge in [-0.15, -0.1) is 0 Å². The van der Waals surface area contributed by atoms with Gasteiger partial charge >= 0.3 is 0 Å². The molecule has 1 fully saturated rings. The number of ether oxygens (including phenoxy) is 3. The minimum absolute atomic E-state index is 0.253. The molecular weight excluding hydrogens is 410 g/mol. The molecule has 0 radical (unpaired) electrons. The lowest BCUT2D eigenvalue weighted by Gasteiger charge is -2.37. The molecule has 174 valence electrons. The summed E-state index contributed by atoms with van der Waals surface area (Å²) in [6.07, 6.45) is 4.52. The molecule has 1 saturated heterocycles. The van der Waals surface area contributed by atoms with E-state index in [1.807, 2.05) is 12.1 Å². The highest BCUT2D eigenvalue weighted by atomic mass is 16.5. The van der Waals surface area contributed by atoms with Crippen molar-refractivity contribution in [2.45, 2.75) is 32.6 Å². The van der Waals surface area contributed by atoms with Crippen LogP contribution in [-0.2, 0) is 9.47 Å². The Morgan fingerprint density at radius 2 is 1.24 bits per heavy atom. The predicted octanol–water partition coefficient (Wildman–Crippen LogP) is 7.15. The molecule has 0 aliphatic carbocycles. The first-order valence-corrected chi connectivity index (χ1v) is 12.0. The van der Waals surface area contributed by atoms with Crippen molar-refractivity contribution in [1.82, 2.24) is 0 Å². The van der Waals surface area contributed by atoms with E-state index in [1.165, 1.54) is 6.42 Å². The highest BCUT2D eigenvalue weighted by molar-refractivity contribution is 5.76. The van der Waals surface area contributed by atoms with Crippen molar-refractivity contribution in [1.29, 1.82) is 0 Å². The van der Waals surface area contributed by atoms with E-state index < -0.39 is 0 Å². The maximum absolute atomic E-state index is 5.98. The molecule has 3 aromatic rings. The summed E-state index contributed by atoms with van der Waals surface area (Å²) in [5.41, 5.74) is 3.64. The summed E-state index contributed by atoms with van der Waals surface area (Å²) < 4.78 is 17.0. The van der Waals surface area contributed by atoms with Crippen LogP contribution in [0.15, 0.2) is 84.9 Å². The molecule has 4 rings (SSSR count). The van der Waals surface area contributed by atoms with Gasteiger partial charge in [0.2, 0.25) is 0 Å². The molecule has 3 aromatic carbocycles. The van der Waals surface area contributed by atoms with Crippen molar-refractivity contribution < 1.29 is 14.2 Å². The number of benzene rings is 3. The SMILES string of the molecule is CC1(COCCCCCCOc2ccc(N(c3ccccc3)c3ccccc3)cc2)COC1. The van der Waals surface area contributed by atoms with Crippen LogP contribution in [0.1, 0.15) is 32.6 Å². The fraction of sp³-hybridized carbons (Fsp3) is 0.379. The second-order valence-corrected chi connectivity index (χ2v) is 9.12. The Labute approximate surface area is 198 Å². The normalized spacial score (nSPS) is 14.5. The Morgan fingerprint density at radius 1 is 0.697 bits per heavy atom. The van der Waals surface area contributed by atoms with E-state index in [1.54, 1.807) is 0 Å². The quantitative estimate of drug-likeness (QED) is 0.261. The summed E-state index contributed by atoms with van der Waals surface area (Å²) in [6.45, 7) is 6.30. The number of para-hydroxylation sites is 2. The van der Waals surface area contributed by atoms with Gasteiger partial charge in [-0.05, 0) is 67.8 Å². The molecule has 0 atom stereocenters. The molecule has 1 heterocycles. The Morgan fingerprint density at radius 3 is 1.79 bits per heavy atom. The molecule has 4 nitrogen and oxygen atoms in total. The topological polar surface area (TPSA) is 30.9 Å². The average Bonchev–Trinajstić information content (AvgIpc) is 2.84. The Balaban J connectivity index is 1.20. The first kappa shape index (κ1) is 23.3. The number of unbranched alkanes of at least 4 members (excludes halogenated alkanes) is 3. The third kappa shape index (κ3) is 6.83. The molecule has 0 spiro atoms. The largest absolute Gasteiger partial charge is 0.494 e. The molecule has 0 bridgehead atoms. The first-order valence-electron chi connectivity index (χ1n) is 12.0. The van der Waals surface area contributed by atoms with Gasteiger partial charge in [0.25, 0.3) is 0 Å². The number of anilines is 3. The van der Waals surface area contributed by atoms with E-state index in [0.717, 1.165) is 75.1 Å². The van der Waals surface area contributed by atoms with Gasteiger partial charge in [-0.25, -0.2) is 0 Å². The van der Waals surface area contributed by atoms with E-state index in [0.29, 0.717) is 0 Å². The van der Waals surface area contributed by atoms with Gasteiger partial charge in [-0.3, -0.25) is 0 Å². The molecule has 0 amide bonds. The number of hydrogen-bond donors (Lipinski definition) is 0. The van der Waals surface area contributed by atoms with Gasteiger partial charge in [0, 0.05) is 29.1 Å². The lowest BCUT2D eigenvalue weighted by atomic mass is 9.90. The fourth-order valence-electron chi connectivity index (χ4n) is 3.99. The molecule has 4 heteroatoms. The van der Waals surface area contributed by atoms with Crippen LogP contribution >= 0.6 is 0 Å². The summed E-state index contributed by atoms with van der Waals surface area (Å²) in [5.74, 6) is 0.916. The maximum atomic E-state index is 5.98. The van der Waals surface area contributed by atoms with Crippen LogP contribution in [0.2, 0.25) is 0 Å². The monoisotopic (exact) mass is 445 g/mol. The molecule has 0 unspecified atom stereocenters. The zero-order valence-electron chi connectivity index (χ0n) is 19.6. The van der Waals surface area contributed by atoms with Crippen LogP contribution in [0.25, 0.3) is 0 Å². The van der Waals surface area contributed by atoms with Crippen molar-refractivity contribution in [3.05, 3.63) is 84.9 Å². The van der Waals surface area contributed by atoms with Crippen LogP contribution < -0.4 is 9.64 Å². The Bertz CT molecular complexity index is 900. The van der Waals surface area contributed by atoms with Crippen LogP contribution in [-0.4, -0.2) is 33.0 Å². The fourth-order valence-corrected chi connectivity index (χ4v) is 3.99. The summed E-state index contributed by atoms with van der Waals surface area (Å²) in [7, 11) is 0. The Hall–Kier alpha value is -2.82. The van der Waals surface area contributed by atoms with Gasteiger partial charge in [0.15, 0.2) is 0 Å². The van der Waals surface area contributed by atoms with E-state index >= 15 is 0 Å². The second-order valence-electron chi connectivity index (χ2n) is 9.12. The maximum Gasteiger partial charge on any atom is 0.119 e. The molecule has 0 N–H and O–H groups in total. The van der Waals surface area contributed by atoms with Gasteiger partial charge in [0.05, 0.1) is 26.4 Å². The molecular formula is C29H35NO3. The summed E-state index contributed by atoms with van der Waals surface area (Å²) in [5, 5.41) is 0. The average molecular weight is 446 g/mol. The van der Waals surface area contributed by atoms with Gasteiger partial charge < -0.3 is 19.1 Å².